The van der Waals surface area contributed by atoms with Gasteiger partial charge in [-0.3, -0.25) is 0 Å². The maximum atomic E-state index is 10.8. The number of hydrogen-bond acceptors (Lipinski definition) is 4. The van der Waals surface area contributed by atoms with E-state index < -0.39 is 19.7 Å². The standard InChI is InChI=1S/C20H43O6P.Na.H/c1-5-6-7-8-9-10-11-12-13-14-15-16-17-18-19(24-20(2,3)4)25-26-27(21,22)23;;/h19H,5-18H2,1-4H3,(H2,21,22,23);;. The van der Waals surface area contributed by atoms with Crippen LogP contribution in [0.25, 0.3) is 0 Å². The molecule has 1 atom stereocenters. The Morgan fingerprint density at radius 3 is 1.54 bits per heavy atom. The average molecular weight is 435 g/mol. The van der Waals surface area contributed by atoms with Crippen molar-refractivity contribution in [3.8, 4) is 0 Å². The molecule has 0 saturated carbocycles. The summed E-state index contributed by atoms with van der Waals surface area (Å²) in [5.41, 5.74) is -0.473. The molecule has 166 valence electrons. The van der Waals surface area contributed by atoms with E-state index in [1.807, 2.05) is 20.8 Å². The normalized spacial score (nSPS) is 13.4. The van der Waals surface area contributed by atoms with E-state index in [4.69, 9.17) is 19.4 Å². The molecule has 2 N–H and O–H groups in total. The monoisotopic (exact) mass is 434 g/mol. The summed E-state index contributed by atoms with van der Waals surface area (Å²) in [6, 6.07) is 0. The molecule has 0 fully saturated rings. The Morgan fingerprint density at radius 1 is 0.786 bits per heavy atom. The third kappa shape index (κ3) is 25.1. The summed E-state index contributed by atoms with van der Waals surface area (Å²) in [5.74, 6) is 0. The first kappa shape index (κ1) is 31.2. The van der Waals surface area contributed by atoms with Gasteiger partial charge in [0.2, 0.25) is 0 Å². The van der Waals surface area contributed by atoms with Crippen molar-refractivity contribution in [1.29, 1.82) is 0 Å². The first-order valence-electron chi connectivity index (χ1n) is 10.7. The quantitative estimate of drug-likeness (QED) is 0.0687. The third-order valence-corrected chi connectivity index (χ3v) is 4.56. The summed E-state index contributed by atoms with van der Waals surface area (Å²) in [6.45, 7) is 7.85. The van der Waals surface area contributed by atoms with Crippen LogP contribution in [0.5, 0.6) is 0 Å². The zero-order valence-corrected chi connectivity index (χ0v) is 18.8. The van der Waals surface area contributed by atoms with Crippen molar-refractivity contribution in [2.24, 2.45) is 0 Å². The van der Waals surface area contributed by atoms with Gasteiger partial charge in [-0.05, 0) is 27.2 Å². The van der Waals surface area contributed by atoms with Crippen LogP contribution in [0.4, 0.5) is 0 Å². The Balaban J connectivity index is 0. The van der Waals surface area contributed by atoms with Gasteiger partial charge in [0.15, 0.2) is 6.29 Å². The van der Waals surface area contributed by atoms with Crippen molar-refractivity contribution < 1.29 is 28.7 Å². The minimum atomic E-state index is -4.66. The number of rotatable bonds is 18. The predicted octanol–water partition coefficient (Wildman–Crippen LogP) is 6.00. The molecule has 0 aromatic rings. The molecular formula is C20H44NaO6P. The Kier molecular flexibility index (Phi) is 20.9. The molecule has 1 unspecified atom stereocenters. The number of ether oxygens (including phenoxy) is 1. The Bertz CT molecular complexity index is 383. The van der Waals surface area contributed by atoms with Gasteiger partial charge in [-0.25, -0.2) is 4.57 Å². The Morgan fingerprint density at radius 2 is 1.18 bits per heavy atom. The fraction of sp³-hybridized carbons (Fsp3) is 1.00. The summed E-state index contributed by atoms with van der Waals surface area (Å²) in [4.78, 5) is 22.3. The molecule has 0 aromatic heterocycles. The second-order valence-electron chi connectivity index (χ2n) is 8.35. The fourth-order valence-electron chi connectivity index (χ4n) is 2.95. The van der Waals surface area contributed by atoms with E-state index in [0.717, 1.165) is 19.3 Å². The molecule has 0 aliphatic heterocycles. The topological polar surface area (TPSA) is 85.2 Å². The van der Waals surface area contributed by atoms with Crippen LogP contribution in [-0.2, 0) is 18.9 Å². The van der Waals surface area contributed by atoms with Crippen molar-refractivity contribution in [2.75, 3.05) is 0 Å². The summed E-state index contributed by atoms with van der Waals surface area (Å²) in [6.07, 6.45) is 16.3. The molecule has 0 aliphatic carbocycles. The van der Waals surface area contributed by atoms with Gasteiger partial charge >= 0.3 is 37.4 Å². The first-order valence-corrected chi connectivity index (χ1v) is 12.3. The second-order valence-corrected chi connectivity index (χ2v) is 9.48. The third-order valence-electron chi connectivity index (χ3n) is 4.28. The average Bonchev–Trinajstić information content (AvgIpc) is 2.54. The SMILES string of the molecule is CCCCCCCCCCCCCCCC(OOP(=O)(O)O)OC(C)(C)C.[NaH]. The van der Waals surface area contributed by atoms with Crippen LogP contribution in [-0.4, -0.2) is 51.2 Å². The van der Waals surface area contributed by atoms with Gasteiger partial charge in [-0.15, -0.1) is 4.67 Å². The van der Waals surface area contributed by atoms with Gasteiger partial charge in [-0.2, -0.15) is 4.89 Å². The van der Waals surface area contributed by atoms with Crippen molar-refractivity contribution in [2.45, 2.75) is 129 Å². The van der Waals surface area contributed by atoms with Gasteiger partial charge in [-0.1, -0.05) is 84.0 Å². The fourth-order valence-corrected chi connectivity index (χ4v) is 3.16. The van der Waals surface area contributed by atoms with Crippen molar-refractivity contribution in [3.05, 3.63) is 0 Å². The van der Waals surface area contributed by atoms with Gasteiger partial charge in [0, 0.05) is 6.42 Å². The van der Waals surface area contributed by atoms with Crippen LogP contribution >= 0.6 is 7.82 Å². The van der Waals surface area contributed by atoms with Crippen molar-refractivity contribution >= 4 is 37.4 Å². The van der Waals surface area contributed by atoms with E-state index in [1.54, 1.807) is 0 Å². The zero-order valence-electron chi connectivity index (χ0n) is 18.0. The van der Waals surface area contributed by atoms with Crippen molar-refractivity contribution in [1.82, 2.24) is 0 Å². The van der Waals surface area contributed by atoms with Crippen LogP contribution in [0.1, 0.15) is 118 Å². The summed E-state index contributed by atoms with van der Waals surface area (Å²) in [7, 11) is -4.66. The number of unbranched alkanes of at least 4 members (excludes halogenated alkanes) is 12. The molecule has 0 spiro atoms. The first-order chi connectivity index (χ1) is 12.6. The van der Waals surface area contributed by atoms with E-state index >= 15 is 0 Å². The molecule has 0 bridgehead atoms. The molecule has 0 radical (unpaired) electrons. The molecule has 0 aromatic carbocycles. The van der Waals surface area contributed by atoms with Crippen LogP contribution in [0.3, 0.4) is 0 Å². The number of phosphoric acid groups is 1. The zero-order chi connectivity index (χ0) is 20.6. The van der Waals surface area contributed by atoms with E-state index in [9.17, 15) is 4.57 Å². The second kappa shape index (κ2) is 18.8. The number of hydrogen-bond donors (Lipinski definition) is 2. The molecule has 6 nitrogen and oxygen atoms in total. The molecular weight excluding hydrogens is 390 g/mol. The maximum absolute atomic E-state index is 10.8. The summed E-state index contributed by atoms with van der Waals surface area (Å²) in [5, 5.41) is 0. The molecule has 28 heavy (non-hydrogen) atoms. The van der Waals surface area contributed by atoms with Crippen LogP contribution in [0.15, 0.2) is 0 Å². The predicted molar refractivity (Wildman–Crippen MR) is 116 cm³/mol. The molecule has 0 rings (SSSR count). The molecule has 0 saturated heterocycles. The van der Waals surface area contributed by atoms with Gasteiger partial charge in [0.1, 0.15) is 0 Å². The van der Waals surface area contributed by atoms with Crippen LogP contribution < -0.4 is 0 Å². The van der Waals surface area contributed by atoms with Gasteiger partial charge < -0.3 is 14.5 Å². The van der Waals surface area contributed by atoms with E-state index in [2.05, 4.69) is 11.6 Å². The van der Waals surface area contributed by atoms with E-state index in [0.29, 0.717) is 6.42 Å². The molecule has 0 heterocycles. The van der Waals surface area contributed by atoms with E-state index in [-0.39, 0.29) is 29.6 Å². The Labute approximate surface area is 194 Å². The minimum absolute atomic E-state index is 0. The van der Waals surface area contributed by atoms with Crippen LogP contribution in [0.2, 0.25) is 0 Å². The molecule has 0 aliphatic rings. The molecule has 0 amide bonds. The Hall–Kier alpha value is 1.03. The van der Waals surface area contributed by atoms with E-state index in [1.165, 1.54) is 64.2 Å². The van der Waals surface area contributed by atoms with Crippen LogP contribution in [0, 0.1) is 0 Å². The summed E-state index contributed by atoms with van der Waals surface area (Å²) >= 11 is 0. The van der Waals surface area contributed by atoms with Gasteiger partial charge in [0.25, 0.3) is 0 Å². The van der Waals surface area contributed by atoms with Crippen molar-refractivity contribution in [3.63, 3.8) is 0 Å². The van der Waals surface area contributed by atoms with Gasteiger partial charge in [0.05, 0.1) is 5.60 Å². The molecule has 8 heteroatoms. The summed E-state index contributed by atoms with van der Waals surface area (Å²) < 4.78 is 20.6.